The Morgan fingerprint density at radius 1 is 1.22 bits per heavy atom. The Labute approximate surface area is 192 Å². The molecule has 2 heterocycles. The fourth-order valence-electron chi connectivity index (χ4n) is 3.68. The number of carboxylic acid groups (broad SMARTS) is 1. The van der Waals surface area contributed by atoms with Crippen molar-refractivity contribution in [1.82, 2.24) is 20.0 Å². The van der Waals surface area contributed by atoms with E-state index in [2.05, 4.69) is 10.4 Å². The van der Waals surface area contributed by atoms with Gasteiger partial charge in [-0.25, -0.2) is 0 Å². The fraction of sp³-hybridized carbons (Fsp3) is 0.375. The number of thiophene rings is 1. The average Bonchev–Trinajstić information content (AvgIpc) is 3.30. The van der Waals surface area contributed by atoms with Crippen LogP contribution in [0, 0.1) is 6.92 Å². The molecule has 0 saturated heterocycles. The van der Waals surface area contributed by atoms with Crippen LogP contribution in [0.15, 0.2) is 48.0 Å². The molecule has 0 radical (unpaired) electrons. The molecule has 0 aliphatic rings. The topological polar surface area (TPSA) is 90.3 Å². The first-order valence-electron chi connectivity index (χ1n) is 10.5. The van der Waals surface area contributed by atoms with Gasteiger partial charge in [-0.05, 0) is 51.3 Å². The second kappa shape index (κ2) is 9.56. The Kier molecular flexibility index (Phi) is 7.03. The van der Waals surface area contributed by atoms with Crippen LogP contribution in [0.4, 0.5) is 4.79 Å². The van der Waals surface area contributed by atoms with Crippen molar-refractivity contribution in [2.75, 3.05) is 6.54 Å². The standard InChI is InChI=1S/C24H30N4O3S/c1-16-19(20-11-12-25-27(20)5)15-32-21(16)22(29)26-18(13-17-9-7-6-8-10-17)14-28(23(30)31)24(2,3)4/h6-12,15,18H,13-14H2,1-5H3,(H,26,29)(H,30,31)/p-1. The van der Waals surface area contributed by atoms with Gasteiger partial charge in [0.25, 0.3) is 5.91 Å². The quantitative estimate of drug-likeness (QED) is 0.595. The van der Waals surface area contributed by atoms with Crippen molar-refractivity contribution in [1.29, 1.82) is 0 Å². The van der Waals surface area contributed by atoms with Gasteiger partial charge < -0.3 is 20.1 Å². The number of aryl methyl sites for hydroxylation is 1. The van der Waals surface area contributed by atoms with E-state index in [0.717, 1.165) is 22.4 Å². The van der Waals surface area contributed by atoms with E-state index in [-0.39, 0.29) is 12.5 Å². The van der Waals surface area contributed by atoms with Gasteiger partial charge >= 0.3 is 0 Å². The summed E-state index contributed by atoms with van der Waals surface area (Å²) < 4.78 is 1.77. The molecule has 2 amide bonds. The van der Waals surface area contributed by atoms with E-state index in [1.807, 2.05) is 76.5 Å². The summed E-state index contributed by atoms with van der Waals surface area (Å²) in [6.45, 7) is 7.49. The lowest BCUT2D eigenvalue weighted by Gasteiger charge is -2.40. The van der Waals surface area contributed by atoms with Gasteiger partial charge in [-0.3, -0.25) is 9.48 Å². The van der Waals surface area contributed by atoms with Crippen molar-refractivity contribution >= 4 is 23.3 Å². The molecule has 3 rings (SSSR count). The average molecular weight is 454 g/mol. The SMILES string of the molecule is Cc1c(-c2ccnn2C)csc1C(=O)NC(Cc1ccccc1)CN(C(=O)[O-])C(C)(C)C. The molecule has 0 aliphatic heterocycles. The summed E-state index contributed by atoms with van der Waals surface area (Å²) in [4.78, 5) is 26.9. The monoisotopic (exact) mass is 453 g/mol. The summed E-state index contributed by atoms with van der Waals surface area (Å²) in [5.41, 5.74) is 3.15. The van der Waals surface area contributed by atoms with Crippen LogP contribution in [0.5, 0.6) is 0 Å². The van der Waals surface area contributed by atoms with Crippen LogP contribution in [-0.2, 0) is 13.5 Å². The van der Waals surface area contributed by atoms with Gasteiger partial charge in [0.15, 0.2) is 0 Å². The molecule has 32 heavy (non-hydrogen) atoms. The molecule has 3 aromatic rings. The number of hydrogen-bond donors (Lipinski definition) is 1. The van der Waals surface area contributed by atoms with E-state index in [9.17, 15) is 14.7 Å². The second-order valence-electron chi connectivity index (χ2n) is 8.85. The van der Waals surface area contributed by atoms with Crippen molar-refractivity contribution in [3.8, 4) is 11.3 Å². The smallest absolute Gasteiger partial charge is 0.261 e. The highest BCUT2D eigenvalue weighted by molar-refractivity contribution is 7.12. The normalized spacial score (nSPS) is 12.4. The Morgan fingerprint density at radius 3 is 2.47 bits per heavy atom. The van der Waals surface area contributed by atoms with Crippen molar-refractivity contribution in [2.24, 2.45) is 7.05 Å². The number of carbonyl (C=O) groups is 2. The van der Waals surface area contributed by atoms with Gasteiger partial charge in [-0.1, -0.05) is 30.3 Å². The predicted molar refractivity (Wildman–Crippen MR) is 125 cm³/mol. The Balaban J connectivity index is 1.85. The van der Waals surface area contributed by atoms with E-state index >= 15 is 0 Å². The first-order valence-corrected chi connectivity index (χ1v) is 11.4. The van der Waals surface area contributed by atoms with Crippen LogP contribution in [0.2, 0.25) is 0 Å². The molecule has 0 bridgehead atoms. The zero-order chi connectivity index (χ0) is 23.5. The molecular weight excluding hydrogens is 424 g/mol. The molecule has 2 aromatic heterocycles. The van der Waals surface area contributed by atoms with Crippen molar-refractivity contribution in [2.45, 2.75) is 45.7 Å². The minimum Gasteiger partial charge on any atom is -0.530 e. The summed E-state index contributed by atoms with van der Waals surface area (Å²) in [5.74, 6) is -0.214. The number of carbonyl (C=O) groups excluding carboxylic acids is 2. The number of nitrogens with zero attached hydrogens (tertiary/aromatic N) is 3. The highest BCUT2D eigenvalue weighted by Gasteiger charge is 2.27. The van der Waals surface area contributed by atoms with E-state index in [0.29, 0.717) is 11.3 Å². The van der Waals surface area contributed by atoms with Gasteiger partial charge in [-0.2, -0.15) is 5.10 Å². The predicted octanol–water partition coefficient (Wildman–Crippen LogP) is 3.24. The highest BCUT2D eigenvalue weighted by Crippen LogP contribution is 2.30. The Bertz CT molecular complexity index is 1080. The third-order valence-electron chi connectivity index (χ3n) is 5.44. The third-order valence-corrected chi connectivity index (χ3v) is 6.52. The number of rotatable bonds is 7. The van der Waals surface area contributed by atoms with Crippen molar-refractivity contribution in [3.63, 3.8) is 0 Å². The van der Waals surface area contributed by atoms with Gasteiger partial charge in [-0.15, -0.1) is 11.3 Å². The molecule has 0 aliphatic carbocycles. The lowest BCUT2D eigenvalue weighted by molar-refractivity contribution is -0.270. The Hall–Kier alpha value is -3.13. The van der Waals surface area contributed by atoms with Crippen LogP contribution in [0.1, 0.15) is 41.6 Å². The van der Waals surface area contributed by atoms with Crippen LogP contribution in [0.3, 0.4) is 0 Å². The molecule has 1 aromatic carbocycles. The number of hydrogen-bond acceptors (Lipinski definition) is 5. The summed E-state index contributed by atoms with van der Waals surface area (Å²) in [7, 11) is 1.86. The zero-order valence-corrected chi connectivity index (χ0v) is 19.9. The lowest BCUT2D eigenvalue weighted by atomic mass is 10.0. The molecule has 7 nitrogen and oxygen atoms in total. The summed E-state index contributed by atoms with van der Waals surface area (Å²) >= 11 is 1.37. The summed E-state index contributed by atoms with van der Waals surface area (Å²) in [6.07, 6.45) is 0.977. The minimum absolute atomic E-state index is 0.130. The van der Waals surface area contributed by atoms with E-state index in [4.69, 9.17) is 0 Å². The van der Waals surface area contributed by atoms with Crippen LogP contribution in [-0.4, -0.2) is 44.8 Å². The maximum absolute atomic E-state index is 13.2. The third kappa shape index (κ3) is 5.37. The Morgan fingerprint density at radius 2 is 1.91 bits per heavy atom. The number of nitrogens with one attached hydrogen (secondary N) is 1. The zero-order valence-electron chi connectivity index (χ0n) is 19.1. The molecule has 8 heteroatoms. The number of benzene rings is 1. The van der Waals surface area contributed by atoms with E-state index < -0.39 is 17.7 Å². The summed E-state index contributed by atoms with van der Waals surface area (Å²) in [6, 6.07) is 11.2. The fourth-order valence-corrected chi connectivity index (χ4v) is 4.67. The largest absolute Gasteiger partial charge is 0.530 e. The second-order valence-corrected chi connectivity index (χ2v) is 9.73. The molecule has 0 spiro atoms. The van der Waals surface area contributed by atoms with Gasteiger partial charge in [0, 0.05) is 36.3 Å². The van der Waals surface area contributed by atoms with Crippen LogP contribution < -0.4 is 10.4 Å². The molecule has 0 saturated carbocycles. The molecule has 1 atom stereocenters. The molecular formula is C24H29N4O3S-. The number of amides is 2. The number of aromatic nitrogens is 2. The van der Waals surface area contributed by atoms with Gasteiger partial charge in [0.1, 0.15) is 6.09 Å². The maximum Gasteiger partial charge on any atom is 0.261 e. The lowest BCUT2D eigenvalue weighted by Crippen LogP contribution is -2.57. The highest BCUT2D eigenvalue weighted by atomic mass is 32.1. The minimum atomic E-state index is -1.25. The van der Waals surface area contributed by atoms with Crippen molar-refractivity contribution in [3.05, 3.63) is 64.0 Å². The molecule has 1 unspecified atom stereocenters. The molecule has 170 valence electrons. The van der Waals surface area contributed by atoms with Gasteiger partial charge in [0.2, 0.25) is 0 Å². The molecule has 1 N–H and O–H groups in total. The van der Waals surface area contributed by atoms with Crippen LogP contribution >= 0.6 is 11.3 Å². The van der Waals surface area contributed by atoms with Crippen LogP contribution in [0.25, 0.3) is 11.3 Å². The summed E-state index contributed by atoms with van der Waals surface area (Å²) in [5, 5.41) is 21.0. The van der Waals surface area contributed by atoms with Crippen molar-refractivity contribution < 1.29 is 14.7 Å². The van der Waals surface area contributed by atoms with E-state index in [1.54, 1.807) is 10.9 Å². The first-order chi connectivity index (χ1) is 15.1. The molecule has 0 fully saturated rings. The maximum atomic E-state index is 13.2. The van der Waals surface area contributed by atoms with Gasteiger partial charge in [0.05, 0.1) is 16.6 Å². The van der Waals surface area contributed by atoms with E-state index in [1.165, 1.54) is 16.2 Å². The first kappa shape index (κ1) is 23.5.